The average molecular weight is 347 g/mol. The second kappa shape index (κ2) is 5.90. The SMILES string of the molecule is Cc1noc(-c2ccc(N3CCC4(CCc5ccccc54)CC3)nn2)n1. The lowest BCUT2D eigenvalue weighted by Crippen LogP contribution is -2.42. The number of hydrogen-bond acceptors (Lipinski definition) is 6. The summed E-state index contributed by atoms with van der Waals surface area (Å²) >= 11 is 0. The summed E-state index contributed by atoms with van der Waals surface area (Å²) in [7, 11) is 0. The lowest BCUT2D eigenvalue weighted by molar-refractivity contribution is 0.329. The van der Waals surface area contributed by atoms with Crippen LogP contribution in [0, 0.1) is 6.92 Å². The fourth-order valence-corrected chi connectivity index (χ4v) is 4.46. The van der Waals surface area contributed by atoms with E-state index in [2.05, 4.69) is 49.5 Å². The molecule has 2 aliphatic rings. The largest absolute Gasteiger partial charge is 0.355 e. The molecule has 1 spiro atoms. The number of nitrogens with zero attached hydrogens (tertiary/aromatic N) is 5. The Morgan fingerprint density at radius 3 is 2.58 bits per heavy atom. The molecule has 0 saturated carbocycles. The van der Waals surface area contributed by atoms with E-state index in [0.29, 0.717) is 22.8 Å². The van der Waals surface area contributed by atoms with Gasteiger partial charge in [-0.25, -0.2) is 0 Å². The van der Waals surface area contributed by atoms with E-state index in [1.165, 1.54) is 25.7 Å². The van der Waals surface area contributed by atoms with Crippen LogP contribution in [0.3, 0.4) is 0 Å². The molecule has 1 aromatic carbocycles. The van der Waals surface area contributed by atoms with Gasteiger partial charge in [-0.15, -0.1) is 10.2 Å². The smallest absolute Gasteiger partial charge is 0.278 e. The van der Waals surface area contributed by atoms with E-state index in [1.807, 2.05) is 12.1 Å². The monoisotopic (exact) mass is 347 g/mol. The predicted octanol–water partition coefficient (Wildman–Crippen LogP) is 3.32. The number of aromatic nitrogens is 4. The van der Waals surface area contributed by atoms with Gasteiger partial charge in [-0.05, 0) is 61.3 Å². The molecule has 0 N–H and O–H groups in total. The summed E-state index contributed by atoms with van der Waals surface area (Å²) in [5.41, 5.74) is 4.10. The molecule has 26 heavy (non-hydrogen) atoms. The topological polar surface area (TPSA) is 67.9 Å². The van der Waals surface area contributed by atoms with Gasteiger partial charge in [-0.2, -0.15) is 4.98 Å². The molecule has 1 aliphatic carbocycles. The fraction of sp³-hybridized carbons (Fsp3) is 0.400. The van der Waals surface area contributed by atoms with Crippen molar-refractivity contribution >= 4 is 5.82 Å². The Balaban J connectivity index is 1.32. The van der Waals surface area contributed by atoms with Crippen LogP contribution in [0.4, 0.5) is 5.82 Å². The molecule has 3 aromatic rings. The molecule has 6 heteroatoms. The molecule has 1 fully saturated rings. The van der Waals surface area contributed by atoms with Crippen LogP contribution < -0.4 is 4.90 Å². The zero-order valence-electron chi connectivity index (χ0n) is 14.9. The maximum Gasteiger partial charge on any atom is 0.278 e. The lowest BCUT2D eigenvalue weighted by atomic mass is 9.74. The predicted molar refractivity (Wildman–Crippen MR) is 97.9 cm³/mol. The third kappa shape index (κ3) is 2.48. The molecule has 0 amide bonds. The zero-order chi connectivity index (χ0) is 17.6. The van der Waals surface area contributed by atoms with Crippen LogP contribution >= 0.6 is 0 Å². The average Bonchev–Trinajstić information content (AvgIpc) is 3.28. The molecule has 2 aromatic heterocycles. The third-order valence-electron chi connectivity index (χ3n) is 5.90. The van der Waals surface area contributed by atoms with Crippen molar-refractivity contribution in [2.45, 2.75) is 38.0 Å². The molecule has 5 rings (SSSR count). The van der Waals surface area contributed by atoms with Crippen molar-refractivity contribution in [3.8, 4) is 11.6 Å². The van der Waals surface area contributed by atoms with Crippen LogP contribution in [0.2, 0.25) is 0 Å². The van der Waals surface area contributed by atoms with Gasteiger partial charge in [0.25, 0.3) is 5.89 Å². The molecule has 132 valence electrons. The van der Waals surface area contributed by atoms with Crippen LogP contribution in [0.5, 0.6) is 0 Å². The first kappa shape index (κ1) is 15.5. The highest BCUT2D eigenvalue weighted by Gasteiger charge is 2.41. The number of benzene rings is 1. The van der Waals surface area contributed by atoms with E-state index in [9.17, 15) is 0 Å². The van der Waals surface area contributed by atoms with Gasteiger partial charge >= 0.3 is 0 Å². The molecule has 0 bridgehead atoms. The molecule has 0 unspecified atom stereocenters. The number of fused-ring (bicyclic) bond motifs is 2. The highest BCUT2D eigenvalue weighted by atomic mass is 16.5. The molecule has 3 heterocycles. The molecule has 1 aliphatic heterocycles. The van der Waals surface area contributed by atoms with Crippen molar-refractivity contribution in [1.29, 1.82) is 0 Å². The van der Waals surface area contributed by atoms with E-state index in [1.54, 1.807) is 18.1 Å². The Hall–Kier alpha value is -2.76. The Morgan fingerprint density at radius 2 is 1.85 bits per heavy atom. The maximum absolute atomic E-state index is 5.16. The molecular formula is C20H21N5O. The standard InChI is InChI=1S/C20H21N5O/c1-14-21-19(26-24-14)17-6-7-18(23-22-17)25-12-10-20(11-13-25)9-8-15-4-2-3-5-16(15)20/h2-7H,8-13H2,1H3. The summed E-state index contributed by atoms with van der Waals surface area (Å²) in [6, 6.07) is 12.9. The first-order chi connectivity index (χ1) is 12.7. The summed E-state index contributed by atoms with van der Waals surface area (Å²) in [4.78, 5) is 6.53. The molecule has 0 atom stereocenters. The molecule has 6 nitrogen and oxygen atoms in total. The molecule has 0 radical (unpaired) electrons. The number of rotatable bonds is 2. The van der Waals surface area contributed by atoms with Crippen LogP contribution in [0.15, 0.2) is 40.9 Å². The van der Waals surface area contributed by atoms with Crippen molar-refractivity contribution < 1.29 is 4.52 Å². The highest BCUT2D eigenvalue weighted by molar-refractivity contribution is 5.50. The Kier molecular flexibility index (Phi) is 3.51. The van der Waals surface area contributed by atoms with Gasteiger partial charge in [0.05, 0.1) is 0 Å². The van der Waals surface area contributed by atoms with E-state index in [0.717, 1.165) is 18.9 Å². The second-order valence-corrected chi connectivity index (χ2v) is 7.35. The summed E-state index contributed by atoms with van der Waals surface area (Å²) < 4.78 is 5.16. The number of anilines is 1. The molecule has 1 saturated heterocycles. The highest BCUT2D eigenvalue weighted by Crippen LogP contribution is 2.46. The van der Waals surface area contributed by atoms with E-state index >= 15 is 0 Å². The maximum atomic E-state index is 5.16. The van der Waals surface area contributed by atoms with Crippen molar-refractivity contribution in [3.63, 3.8) is 0 Å². The normalized spacial score (nSPS) is 18.3. The number of aryl methyl sites for hydroxylation is 2. The van der Waals surface area contributed by atoms with E-state index in [-0.39, 0.29) is 0 Å². The van der Waals surface area contributed by atoms with Crippen molar-refractivity contribution in [1.82, 2.24) is 20.3 Å². The van der Waals surface area contributed by atoms with Gasteiger partial charge in [0.15, 0.2) is 17.3 Å². The Labute approximate surface area is 152 Å². The summed E-state index contributed by atoms with van der Waals surface area (Å²) in [6.45, 7) is 3.82. The molecular weight excluding hydrogens is 326 g/mol. The van der Waals surface area contributed by atoms with Gasteiger partial charge in [-0.3, -0.25) is 0 Å². The first-order valence-corrected chi connectivity index (χ1v) is 9.21. The quantitative estimate of drug-likeness (QED) is 0.708. The van der Waals surface area contributed by atoms with Gasteiger partial charge < -0.3 is 9.42 Å². The van der Waals surface area contributed by atoms with Crippen molar-refractivity contribution in [2.24, 2.45) is 0 Å². The van der Waals surface area contributed by atoms with Crippen molar-refractivity contribution in [2.75, 3.05) is 18.0 Å². The third-order valence-corrected chi connectivity index (χ3v) is 5.90. The van der Waals surface area contributed by atoms with E-state index < -0.39 is 0 Å². The summed E-state index contributed by atoms with van der Waals surface area (Å²) in [5.74, 6) is 1.94. The fourth-order valence-electron chi connectivity index (χ4n) is 4.46. The summed E-state index contributed by atoms with van der Waals surface area (Å²) in [6.07, 6.45) is 4.85. The van der Waals surface area contributed by atoms with E-state index in [4.69, 9.17) is 4.52 Å². The second-order valence-electron chi connectivity index (χ2n) is 7.35. The number of piperidine rings is 1. The Bertz CT molecular complexity index is 925. The van der Waals surface area contributed by atoms with Crippen LogP contribution in [-0.4, -0.2) is 33.4 Å². The number of hydrogen-bond donors (Lipinski definition) is 0. The zero-order valence-corrected chi connectivity index (χ0v) is 14.9. The first-order valence-electron chi connectivity index (χ1n) is 9.21. The minimum Gasteiger partial charge on any atom is -0.355 e. The van der Waals surface area contributed by atoms with Crippen molar-refractivity contribution in [3.05, 3.63) is 53.3 Å². The van der Waals surface area contributed by atoms with Gasteiger partial charge in [0.1, 0.15) is 0 Å². The summed E-state index contributed by atoms with van der Waals surface area (Å²) in [5, 5.41) is 12.5. The van der Waals surface area contributed by atoms with Crippen LogP contribution in [-0.2, 0) is 11.8 Å². The minimum atomic E-state index is 0.363. The van der Waals surface area contributed by atoms with Crippen LogP contribution in [0.1, 0.15) is 36.2 Å². The minimum absolute atomic E-state index is 0.363. The van der Waals surface area contributed by atoms with Gasteiger partial charge in [0, 0.05) is 13.1 Å². The van der Waals surface area contributed by atoms with Gasteiger partial charge in [-0.1, -0.05) is 29.4 Å². The lowest BCUT2D eigenvalue weighted by Gasteiger charge is -2.40. The van der Waals surface area contributed by atoms with Crippen LogP contribution in [0.25, 0.3) is 11.6 Å². The van der Waals surface area contributed by atoms with Gasteiger partial charge in [0.2, 0.25) is 0 Å². The Morgan fingerprint density at radius 1 is 1.00 bits per heavy atom.